The first kappa shape index (κ1) is 14.0. The van der Waals surface area contributed by atoms with E-state index in [0.717, 1.165) is 17.8 Å². The second-order valence-electron chi connectivity index (χ2n) is 3.34. The number of thioether (sulfide) groups is 1. The van der Waals surface area contributed by atoms with Crippen molar-refractivity contribution in [3.05, 3.63) is 33.9 Å². The Bertz CT molecular complexity index is 515. The second-order valence-corrected chi connectivity index (χ2v) is 4.73. The molecule has 1 rings (SSSR count). The molecule has 0 heterocycles. The molecule has 0 unspecified atom stereocenters. The summed E-state index contributed by atoms with van der Waals surface area (Å²) in [5.41, 5.74) is -0.623. The summed E-state index contributed by atoms with van der Waals surface area (Å²) in [7, 11) is 0. The SMILES string of the molecule is C[C@@H](Sc1ccc(C(=O)O)cc1[N+](=O)[O-])C(=O)O. The van der Waals surface area contributed by atoms with Crippen LogP contribution in [0, 0.1) is 10.1 Å². The molecule has 0 bridgehead atoms. The molecule has 8 heteroatoms. The van der Waals surface area contributed by atoms with Crippen LogP contribution in [0.4, 0.5) is 5.69 Å². The first-order valence-corrected chi connectivity index (χ1v) is 5.62. The molecule has 1 atom stereocenters. The molecule has 0 amide bonds. The molecule has 18 heavy (non-hydrogen) atoms. The molecule has 1 aromatic rings. The maximum Gasteiger partial charge on any atom is 0.335 e. The fourth-order valence-electron chi connectivity index (χ4n) is 1.13. The smallest absolute Gasteiger partial charge is 0.335 e. The summed E-state index contributed by atoms with van der Waals surface area (Å²) in [5.74, 6) is -2.38. The molecule has 0 aliphatic rings. The minimum absolute atomic E-state index is 0.125. The summed E-state index contributed by atoms with van der Waals surface area (Å²) in [5, 5.41) is 27.4. The molecule has 0 aromatic heterocycles. The van der Waals surface area contributed by atoms with Crippen LogP contribution in [-0.4, -0.2) is 32.3 Å². The Labute approximate surface area is 106 Å². The first-order valence-electron chi connectivity index (χ1n) is 4.74. The van der Waals surface area contributed by atoms with E-state index >= 15 is 0 Å². The third-order valence-corrected chi connectivity index (χ3v) is 3.21. The fraction of sp³-hybridized carbons (Fsp3) is 0.200. The van der Waals surface area contributed by atoms with Gasteiger partial charge in [-0.15, -0.1) is 11.8 Å². The van der Waals surface area contributed by atoms with E-state index in [9.17, 15) is 19.7 Å². The molecule has 7 nitrogen and oxygen atoms in total. The summed E-state index contributed by atoms with van der Waals surface area (Å²) >= 11 is 0.793. The molecule has 0 aliphatic carbocycles. The highest BCUT2D eigenvalue weighted by Crippen LogP contribution is 2.32. The van der Waals surface area contributed by atoms with Crippen LogP contribution < -0.4 is 0 Å². The van der Waals surface area contributed by atoms with E-state index in [1.54, 1.807) is 0 Å². The van der Waals surface area contributed by atoms with Gasteiger partial charge in [-0.2, -0.15) is 0 Å². The molecule has 0 aliphatic heterocycles. The summed E-state index contributed by atoms with van der Waals surface area (Å²) in [4.78, 5) is 31.6. The normalized spacial score (nSPS) is 11.8. The van der Waals surface area contributed by atoms with Crippen molar-refractivity contribution in [3.8, 4) is 0 Å². The lowest BCUT2D eigenvalue weighted by Gasteiger charge is -2.07. The highest BCUT2D eigenvalue weighted by Gasteiger charge is 2.21. The summed E-state index contributed by atoms with van der Waals surface area (Å²) in [6.07, 6.45) is 0. The standard InChI is InChI=1S/C10H9NO6S/c1-5(9(12)13)18-8-3-2-6(10(14)15)4-7(8)11(16)17/h2-5H,1H3,(H,12,13)(H,14,15)/t5-/m1/s1. The van der Waals surface area contributed by atoms with Crippen molar-refractivity contribution in [2.75, 3.05) is 0 Å². The zero-order valence-electron chi connectivity index (χ0n) is 9.19. The lowest BCUT2D eigenvalue weighted by Crippen LogP contribution is -2.11. The van der Waals surface area contributed by atoms with Gasteiger partial charge in [0.15, 0.2) is 0 Å². The lowest BCUT2D eigenvalue weighted by molar-refractivity contribution is -0.387. The van der Waals surface area contributed by atoms with Gasteiger partial charge in [0.2, 0.25) is 0 Å². The average molecular weight is 271 g/mol. The van der Waals surface area contributed by atoms with Gasteiger partial charge in [-0.1, -0.05) is 0 Å². The molecular formula is C10H9NO6S. The van der Waals surface area contributed by atoms with E-state index < -0.39 is 27.8 Å². The number of carboxylic acids is 2. The third kappa shape index (κ3) is 3.20. The van der Waals surface area contributed by atoms with Crippen LogP contribution in [0.15, 0.2) is 23.1 Å². The van der Waals surface area contributed by atoms with Crippen LogP contribution in [0.5, 0.6) is 0 Å². The Kier molecular flexibility index (Phi) is 4.27. The van der Waals surface area contributed by atoms with Crippen molar-refractivity contribution in [3.63, 3.8) is 0 Å². The first-order chi connectivity index (χ1) is 8.32. The summed E-state index contributed by atoms with van der Waals surface area (Å²) in [6.45, 7) is 1.39. The number of nitro groups is 1. The van der Waals surface area contributed by atoms with Gasteiger partial charge in [0, 0.05) is 6.07 Å². The van der Waals surface area contributed by atoms with E-state index in [2.05, 4.69) is 0 Å². The number of carbonyl (C=O) groups is 2. The lowest BCUT2D eigenvalue weighted by atomic mass is 10.2. The quantitative estimate of drug-likeness (QED) is 0.476. The van der Waals surface area contributed by atoms with Gasteiger partial charge in [0.25, 0.3) is 5.69 Å². The highest BCUT2D eigenvalue weighted by molar-refractivity contribution is 8.00. The van der Waals surface area contributed by atoms with Gasteiger partial charge in [-0.3, -0.25) is 14.9 Å². The maximum absolute atomic E-state index is 10.8. The Morgan fingerprint density at radius 2 is 2.00 bits per heavy atom. The maximum atomic E-state index is 10.8. The Hall–Kier alpha value is -2.09. The Morgan fingerprint density at radius 3 is 2.44 bits per heavy atom. The fourth-order valence-corrected chi connectivity index (χ4v) is 2.02. The minimum Gasteiger partial charge on any atom is -0.480 e. The van der Waals surface area contributed by atoms with Crippen LogP contribution in [0.2, 0.25) is 0 Å². The molecule has 96 valence electrons. The van der Waals surface area contributed by atoms with Gasteiger partial charge in [0.05, 0.1) is 15.4 Å². The number of nitro benzene ring substituents is 1. The van der Waals surface area contributed by atoms with Crippen molar-refractivity contribution in [2.45, 2.75) is 17.1 Å². The number of hydrogen-bond acceptors (Lipinski definition) is 5. The topological polar surface area (TPSA) is 118 Å². The van der Waals surface area contributed by atoms with Crippen LogP contribution in [0.3, 0.4) is 0 Å². The van der Waals surface area contributed by atoms with Gasteiger partial charge < -0.3 is 10.2 Å². The Balaban J connectivity index is 3.16. The number of aliphatic carboxylic acids is 1. The summed E-state index contributed by atoms with van der Waals surface area (Å²) < 4.78 is 0. The molecule has 2 N–H and O–H groups in total. The highest BCUT2D eigenvalue weighted by atomic mass is 32.2. The van der Waals surface area contributed by atoms with Gasteiger partial charge in [0.1, 0.15) is 5.25 Å². The van der Waals surface area contributed by atoms with Gasteiger partial charge >= 0.3 is 11.9 Å². The number of aromatic carboxylic acids is 1. The molecule has 0 saturated heterocycles. The molecule has 1 aromatic carbocycles. The van der Waals surface area contributed by atoms with E-state index in [0.29, 0.717) is 0 Å². The van der Waals surface area contributed by atoms with E-state index in [-0.39, 0.29) is 10.5 Å². The van der Waals surface area contributed by atoms with E-state index in [1.807, 2.05) is 0 Å². The number of carboxylic acid groups (broad SMARTS) is 2. The minimum atomic E-state index is -1.28. The van der Waals surface area contributed by atoms with Crippen LogP contribution in [0.25, 0.3) is 0 Å². The third-order valence-electron chi connectivity index (χ3n) is 2.05. The molecule has 0 radical (unpaired) electrons. The molecule has 0 spiro atoms. The predicted molar refractivity (Wildman–Crippen MR) is 63.0 cm³/mol. The Morgan fingerprint density at radius 1 is 1.39 bits per heavy atom. The number of nitrogens with zero attached hydrogens (tertiary/aromatic N) is 1. The molecular weight excluding hydrogens is 262 g/mol. The van der Waals surface area contributed by atoms with Crippen LogP contribution in [-0.2, 0) is 4.79 Å². The largest absolute Gasteiger partial charge is 0.480 e. The van der Waals surface area contributed by atoms with Gasteiger partial charge in [-0.25, -0.2) is 4.79 Å². The van der Waals surface area contributed by atoms with Crippen molar-refractivity contribution in [2.24, 2.45) is 0 Å². The second kappa shape index (κ2) is 5.50. The number of rotatable bonds is 5. The zero-order chi connectivity index (χ0) is 13.9. The van der Waals surface area contributed by atoms with Gasteiger partial charge in [-0.05, 0) is 19.1 Å². The van der Waals surface area contributed by atoms with Crippen molar-refractivity contribution >= 4 is 29.4 Å². The van der Waals surface area contributed by atoms with Crippen LogP contribution in [0.1, 0.15) is 17.3 Å². The van der Waals surface area contributed by atoms with Crippen molar-refractivity contribution in [1.29, 1.82) is 0 Å². The molecule has 0 fully saturated rings. The monoisotopic (exact) mass is 271 g/mol. The van der Waals surface area contributed by atoms with E-state index in [1.165, 1.54) is 19.1 Å². The van der Waals surface area contributed by atoms with Crippen molar-refractivity contribution in [1.82, 2.24) is 0 Å². The molecule has 0 saturated carbocycles. The van der Waals surface area contributed by atoms with Crippen molar-refractivity contribution < 1.29 is 24.7 Å². The predicted octanol–water partition coefficient (Wildman–Crippen LogP) is 1.86. The average Bonchev–Trinajstić information content (AvgIpc) is 2.28. The number of hydrogen-bond donors (Lipinski definition) is 2. The zero-order valence-corrected chi connectivity index (χ0v) is 10.0. The van der Waals surface area contributed by atoms with E-state index in [4.69, 9.17) is 10.2 Å². The summed E-state index contributed by atoms with van der Waals surface area (Å²) in [6, 6.07) is 3.36. The van der Waals surface area contributed by atoms with Crippen LogP contribution >= 0.6 is 11.8 Å². The number of benzene rings is 1.